The van der Waals surface area contributed by atoms with Crippen LogP contribution >= 0.6 is 0 Å². The summed E-state index contributed by atoms with van der Waals surface area (Å²) in [5.74, 6) is -1.67. The van der Waals surface area contributed by atoms with E-state index in [0.29, 0.717) is 29.9 Å². The molecular weight excluding hydrogens is 425 g/mol. The molecule has 2 aromatic rings. The van der Waals surface area contributed by atoms with Gasteiger partial charge in [-0.3, -0.25) is 9.59 Å². The van der Waals surface area contributed by atoms with Crippen LogP contribution in [0.15, 0.2) is 54.1 Å². The SMILES string of the molecule is CC(C)OCCCN1C(=O)C(=O)/C(=C(\O)c2cccc(OC(C)C)c2)C1c1ccc(F)cc1. The molecule has 33 heavy (non-hydrogen) atoms. The monoisotopic (exact) mass is 455 g/mol. The molecule has 1 amide bonds. The molecule has 0 aromatic heterocycles. The van der Waals surface area contributed by atoms with E-state index in [0.717, 1.165) is 0 Å². The first-order valence-corrected chi connectivity index (χ1v) is 11.1. The normalized spacial score (nSPS) is 17.9. The topological polar surface area (TPSA) is 76.1 Å². The van der Waals surface area contributed by atoms with Crippen molar-refractivity contribution < 1.29 is 28.6 Å². The van der Waals surface area contributed by atoms with Gasteiger partial charge in [-0.1, -0.05) is 24.3 Å². The van der Waals surface area contributed by atoms with E-state index in [1.165, 1.54) is 29.2 Å². The van der Waals surface area contributed by atoms with Gasteiger partial charge < -0.3 is 19.5 Å². The lowest BCUT2D eigenvalue weighted by Gasteiger charge is -2.25. The summed E-state index contributed by atoms with van der Waals surface area (Å²) in [6.45, 7) is 8.28. The molecule has 176 valence electrons. The van der Waals surface area contributed by atoms with Crippen molar-refractivity contribution in [1.82, 2.24) is 4.90 Å². The molecule has 1 saturated heterocycles. The molecule has 1 unspecified atom stereocenters. The van der Waals surface area contributed by atoms with Gasteiger partial charge >= 0.3 is 0 Å². The third kappa shape index (κ3) is 5.79. The van der Waals surface area contributed by atoms with Crippen LogP contribution in [0.4, 0.5) is 4.39 Å². The van der Waals surface area contributed by atoms with Gasteiger partial charge in [0.2, 0.25) is 0 Å². The summed E-state index contributed by atoms with van der Waals surface area (Å²) >= 11 is 0. The number of hydrogen-bond acceptors (Lipinski definition) is 5. The Bertz CT molecular complexity index is 1030. The lowest BCUT2D eigenvalue weighted by Crippen LogP contribution is -2.31. The molecule has 3 rings (SSSR count). The van der Waals surface area contributed by atoms with E-state index in [4.69, 9.17) is 9.47 Å². The van der Waals surface area contributed by atoms with Crippen LogP contribution in [0, 0.1) is 5.82 Å². The lowest BCUT2D eigenvalue weighted by atomic mass is 9.95. The Balaban J connectivity index is 2.03. The van der Waals surface area contributed by atoms with Crippen LogP contribution in [0.5, 0.6) is 5.75 Å². The minimum Gasteiger partial charge on any atom is -0.507 e. The minimum atomic E-state index is -0.834. The number of halogens is 1. The highest BCUT2D eigenvalue weighted by atomic mass is 19.1. The summed E-state index contributed by atoms with van der Waals surface area (Å²) in [5, 5.41) is 11.1. The van der Waals surface area contributed by atoms with Crippen LogP contribution in [-0.2, 0) is 14.3 Å². The summed E-state index contributed by atoms with van der Waals surface area (Å²) in [5.41, 5.74) is 0.871. The third-order valence-electron chi connectivity index (χ3n) is 5.20. The van der Waals surface area contributed by atoms with Gasteiger partial charge in [-0.05, 0) is 63.9 Å². The fourth-order valence-electron chi connectivity index (χ4n) is 3.80. The van der Waals surface area contributed by atoms with Crippen LogP contribution < -0.4 is 4.74 Å². The Hall–Kier alpha value is -3.19. The number of carbonyl (C=O) groups excluding carboxylic acids is 2. The summed E-state index contributed by atoms with van der Waals surface area (Å²) < 4.78 is 24.8. The van der Waals surface area contributed by atoms with Crippen molar-refractivity contribution in [1.29, 1.82) is 0 Å². The van der Waals surface area contributed by atoms with Gasteiger partial charge in [-0.15, -0.1) is 0 Å². The van der Waals surface area contributed by atoms with E-state index in [9.17, 15) is 19.1 Å². The number of hydrogen-bond donors (Lipinski definition) is 1. The number of carbonyl (C=O) groups is 2. The second-order valence-electron chi connectivity index (χ2n) is 8.51. The second-order valence-corrected chi connectivity index (χ2v) is 8.51. The summed E-state index contributed by atoms with van der Waals surface area (Å²) in [7, 11) is 0. The average Bonchev–Trinajstić information content (AvgIpc) is 3.01. The summed E-state index contributed by atoms with van der Waals surface area (Å²) in [4.78, 5) is 27.4. The molecule has 0 spiro atoms. The summed E-state index contributed by atoms with van der Waals surface area (Å²) in [6, 6.07) is 11.5. The number of benzene rings is 2. The van der Waals surface area contributed by atoms with Gasteiger partial charge in [0, 0.05) is 18.7 Å². The first-order chi connectivity index (χ1) is 15.7. The number of ether oxygens (including phenoxy) is 2. The fraction of sp³-hybridized carbons (Fsp3) is 0.385. The van der Waals surface area contributed by atoms with Crippen LogP contribution in [0.2, 0.25) is 0 Å². The van der Waals surface area contributed by atoms with E-state index < -0.39 is 23.5 Å². The van der Waals surface area contributed by atoms with Crippen molar-refractivity contribution in [2.75, 3.05) is 13.2 Å². The predicted molar refractivity (Wildman–Crippen MR) is 123 cm³/mol. The van der Waals surface area contributed by atoms with Crippen molar-refractivity contribution in [2.24, 2.45) is 0 Å². The van der Waals surface area contributed by atoms with E-state index >= 15 is 0 Å². The van der Waals surface area contributed by atoms with Gasteiger partial charge in [0.25, 0.3) is 11.7 Å². The van der Waals surface area contributed by atoms with Gasteiger partial charge in [-0.2, -0.15) is 0 Å². The van der Waals surface area contributed by atoms with Gasteiger partial charge in [0.05, 0.1) is 23.8 Å². The van der Waals surface area contributed by atoms with Crippen LogP contribution in [-0.4, -0.2) is 47.1 Å². The number of Topliss-reactive ketones (excluding diaryl/α,β-unsaturated/α-hetero) is 1. The molecule has 0 bridgehead atoms. The minimum absolute atomic E-state index is 0.0296. The molecule has 1 heterocycles. The quantitative estimate of drug-likeness (QED) is 0.253. The fourth-order valence-corrected chi connectivity index (χ4v) is 3.80. The number of aliphatic hydroxyl groups is 1. The third-order valence-corrected chi connectivity index (χ3v) is 5.20. The second kappa shape index (κ2) is 10.6. The zero-order valence-corrected chi connectivity index (χ0v) is 19.4. The lowest BCUT2D eigenvalue weighted by molar-refractivity contribution is -0.140. The Morgan fingerprint density at radius 1 is 1.06 bits per heavy atom. The van der Waals surface area contributed by atoms with E-state index in [1.54, 1.807) is 24.3 Å². The number of likely N-dealkylation sites (tertiary alicyclic amines) is 1. The molecule has 7 heteroatoms. The first-order valence-electron chi connectivity index (χ1n) is 11.1. The van der Waals surface area contributed by atoms with E-state index in [1.807, 2.05) is 27.7 Å². The van der Waals surface area contributed by atoms with Crippen molar-refractivity contribution >= 4 is 17.4 Å². The zero-order valence-electron chi connectivity index (χ0n) is 19.4. The number of amides is 1. The van der Waals surface area contributed by atoms with Gasteiger partial charge in [0.15, 0.2) is 0 Å². The number of ketones is 1. The Labute approximate surface area is 193 Å². The molecule has 1 aliphatic heterocycles. The molecule has 0 aliphatic carbocycles. The Morgan fingerprint density at radius 2 is 1.76 bits per heavy atom. The maximum Gasteiger partial charge on any atom is 0.295 e. The number of aliphatic hydroxyl groups excluding tert-OH is 1. The van der Waals surface area contributed by atoms with Crippen molar-refractivity contribution in [2.45, 2.75) is 52.4 Å². The molecule has 1 atom stereocenters. The molecule has 0 radical (unpaired) electrons. The highest BCUT2D eigenvalue weighted by Crippen LogP contribution is 2.39. The van der Waals surface area contributed by atoms with Crippen LogP contribution in [0.1, 0.15) is 51.3 Å². The average molecular weight is 456 g/mol. The smallest absolute Gasteiger partial charge is 0.295 e. The molecular formula is C26H30FNO5. The van der Waals surface area contributed by atoms with Gasteiger partial charge in [-0.25, -0.2) is 4.39 Å². The first kappa shape index (κ1) is 24.5. The van der Waals surface area contributed by atoms with Crippen molar-refractivity contribution in [3.8, 4) is 5.75 Å². The van der Waals surface area contributed by atoms with Crippen LogP contribution in [0.3, 0.4) is 0 Å². The number of rotatable bonds is 9. The largest absolute Gasteiger partial charge is 0.507 e. The Morgan fingerprint density at radius 3 is 2.39 bits per heavy atom. The number of nitrogens with zero attached hydrogens (tertiary/aromatic N) is 1. The highest BCUT2D eigenvalue weighted by Gasteiger charge is 2.45. The molecule has 1 fully saturated rings. The van der Waals surface area contributed by atoms with Crippen molar-refractivity contribution in [3.63, 3.8) is 0 Å². The van der Waals surface area contributed by atoms with E-state index in [2.05, 4.69) is 0 Å². The molecule has 1 N–H and O–H groups in total. The predicted octanol–water partition coefficient (Wildman–Crippen LogP) is 4.85. The maximum atomic E-state index is 13.6. The summed E-state index contributed by atoms with van der Waals surface area (Å²) in [6.07, 6.45) is 0.495. The van der Waals surface area contributed by atoms with Crippen molar-refractivity contribution in [3.05, 3.63) is 71.0 Å². The highest BCUT2D eigenvalue weighted by molar-refractivity contribution is 6.46. The van der Waals surface area contributed by atoms with E-state index in [-0.39, 0.29) is 30.1 Å². The Kier molecular flexibility index (Phi) is 7.87. The molecule has 6 nitrogen and oxygen atoms in total. The maximum absolute atomic E-state index is 13.6. The van der Waals surface area contributed by atoms with Gasteiger partial charge in [0.1, 0.15) is 17.3 Å². The molecule has 1 aliphatic rings. The standard InChI is InChI=1S/C26H30FNO5/c1-16(2)32-14-6-13-28-23(18-9-11-20(27)12-10-18)22(25(30)26(28)31)24(29)19-7-5-8-21(15-19)33-17(3)4/h5,7-12,15-17,23,29H,6,13-14H2,1-4H3/b24-22-. The molecule has 2 aromatic carbocycles. The zero-order chi connectivity index (χ0) is 24.1. The molecule has 0 saturated carbocycles. The van der Waals surface area contributed by atoms with Crippen LogP contribution in [0.25, 0.3) is 5.76 Å².